The fraction of sp³-hybridized carbons (Fsp3) is 0.241. The first-order valence-corrected chi connectivity index (χ1v) is 29.9. The molecule has 0 amide bonds. The van der Waals surface area contributed by atoms with Crippen molar-refractivity contribution >= 4 is 0 Å². The van der Waals surface area contributed by atoms with Crippen molar-refractivity contribution in [3.8, 4) is 100 Å². The van der Waals surface area contributed by atoms with Gasteiger partial charge in [-0.25, -0.2) is 0 Å². The third-order valence-electron chi connectivity index (χ3n) is 17.2. The lowest BCUT2D eigenvalue weighted by atomic mass is 9.70. The van der Waals surface area contributed by atoms with E-state index < -0.39 is 0 Å². The molecule has 0 heterocycles. The van der Waals surface area contributed by atoms with E-state index in [4.69, 9.17) is 0 Å². The molecule has 0 unspecified atom stereocenters. The van der Waals surface area contributed by atoms with Crippen molar-refractivity contribution in [3.05, 3.63) is 253 Å². The monoisotopic (exact) mass is 1030 g/mol. The molecule has 0 N–H and O–H groups in total. The zero-order valence-electron chi connectivity index (χ0n) is 47.3. The largest absolute Gasteiger partial charge is 0.0654 e. The number of aryl methyl sites for hydroxylation is 2. The molecule has 394 valence electrons. The number of fused-ring (bicyclic) bond motifs is 3. The van der Waals surface area contributed by atoms with E-state index >= 15 is 0 Å². The van der Waals surface area contributed by atoms with E-state index in [2.05, 4.69) is 258 Å². The summed E-state index contributed by atoms with van der Waals surface area (Å²) >= 11 is 0. The average Bonchev–Trinajstić information content (AvgIpc) is 3.85. The highest BCUT2D eigenvalue weighted by molar-refractivity contribution is 5.88. The summed E-state index contributed by atoms with van der Waals surface area (Å²) in [5, 5.41) is 0. The van der Waals surface area contributed by atoms with Crippen molar-refractivity contribution in [2.45, 2.75) is 123 Å². The second kappa shape index (κ2) is 24.9. The molecule has 0 saturated heterocycles. The first kappa shape index (κ1) is 53.2. The highest BCUT2D eigenvalue weighted by atomic mass is 14.5. The van der Waals surface area contributed by atoms with Crippen LogP contribution in [0.3, 0.4) is 0 Å². The molecule has 0 fully saturated rings. The number of rotatable bonds is 22. The Labute approximate surface area is 473 Å². The molecule has 0 spiro atoms. The maximum atomic E-state index is 2.61. The zero-order chi connectivity index (χ0) is 54.0. The van der Waals surface area contributed by atoms with Gasteiger partial charge in [0.2, 0.25) is 0 Å². The van der Waals surface area contributed by atoms with Gasteiger partial charge in [-0.15, -0.1) is 0 Å². The summed E-state index contributed by atoms with van der Waals surface area (Å²) in [6.45, 7) is 9.03. The van der Waals surface area contributed by atoms with Gasteiger partial charge in [0.15, 0.2) is 0 Å². The molecular weight excluding hydrogens is 949 g/mol. The number of benzene rings is 10. The van der Waals surface area contributed by atoms with Crippen LogP contribution in [-0.2, 0) is 5.41 Å². The Morgan fingerprint density at radius 2 is 0.506 bits per heavy atom. The molecule has 0 heteroatoms. The Balaban J connectivity index is 0.882. The Morgan fingerprint density at radius 3 is 0.899 bits per heavy atom. The van der Waals surface area contributed by atoms with E-state index in [9.17, 15) is 0 Å². The average molecular weight is 1030 g/mol. The summed E-state index contributed by atoms with van der Waals surface area (Å²) in [6, 6.07) is 87.3. The van der Waals surface area contributed by atoms with Crippen molar-refractivity contribution in [2.24, 2.45) is 0 Å². The normalized spacial score (nSPS) is 12.4. The lowest BCUT2D eigenvalue weighted by molar-refractivity contribution is 0.398. The SMILES string of the molecule is CCCCCCCCC1(CCCCCCCC)c2cc(-c3ccc(-c4ccc(C)cc4)cc3)ccc2-c2ccc(-c3ccc(-c4ccc(-c5cc(C)cc(-c6cc(-c7ccccc7)cc(-c7ccccc7)c6)c5)cc4)cc3)cc21. The quantitative estimate of drug-likeness (QED) is 0.0594. The van der Waals surface area contributed by atoms with Crippen LogP contribution in [0.2, 0.25) is 0 Å². The molecule has 0 bridgehead atoms. The van der Waals surface area contributed by atoms with Gasteiger partial charge in [0, 0.05) is 5.41 Å². The summed E-state index contributed by atoms with van der Waals surface area (Å²) in [7, 11) is 0. The van der Waals surface area contributed by atoms with Gasteiger partial charge in [0.05, 0.1) is 0 Å². The summed E-state index contributed by atoms with van der Waals surface area (Å²) in [5.74, 6) is 0. The number of hydrogen-bond acceptors (Lipinski definition) is 0. The summed E-state index contributed by atoms with van der Waals surface area (Å²) in [4.78, 5) is 0. The van der Waals surface area contributed by atoms with Crippen molar-refractivity contribution in [1.82, 2.24) is 0 Å². The van der Waals surface area contributed by atoms with Crippen LogP contribution in [0.1, 0.15) is 126 Å². The maximum Gasteiger partial charge on any atom is 0.0215 e. The van der Waals surface area contributed by atoms with Gasteiger partial charge in [0.25, 0.3) is 0 Å². The minimum absolute atomic E-state index is 0.0227. The van der Waals surface area contributed by atoms with Gasteiger partial charge >= 0.3 is 0 Å². The van der Waals surface area contributed by atoms with E-state index in [1.807, 2.05) is 0 Å². The standard InChI is InChI=1S/C79H78/c1-5-7-9-11-13-21-47-79(48-22-14-12-10-8-6-2)77-55-68(65-37-31-62(32-38-65)61-29-27-57(3)28-30-61)43-45-75(77)76-46-44-69(56-78(76)79)66-39-33-63(34-40-66)64-35-41-67(42-36-64)70-49-58(4)50-71(51-70)74-53-72(59-23-17-15-18-24-59)52-73(54-74)60-25-19-16-20-26-60/h15-20,23-46,49-56H,5-14,21-22,47-48H2,1-4H3. The lowest BCUT2D eigenvalue weighted by Crippen LogP contribution is -2.25. The van der Waals surface area contributed by atoms with Crippen LogP contribution in [-0.4, -0.2) is 0 Å². The van der Waals surface area contributed by atoms with Crippen LogP contribution in [0.4, 0.5) is 0 Å². The highest BCUT2D eigenvalue weighted by Crippen LogP contribution is 2.56. The Bertz CT molecular complexity index is 3520. The topological polar surface area (TPSA) is 0 Å². The smallest absolute Gasteiger partial charge is 0.0215 e. The van der Waals surface area contributed by atoms with Gasteiger partial charge < -0.3 is 0 Å². The van der Waals surface area contributed by atoms with Gasteiger partial charge in [0.1, 0.15) is 0 Å². The third kappa shape index (κ3) is 12.1. The van der Waals surface area contributed by atoms with Gasteiger partial charge in [-0.2, -0.15) is 0 Å². The molecule has 0 aromatic heterocycles. The fourth-order valence-corrected chi connectivity index (χ4v) is 12.7. The van der Waals surface area contributed by atoms with E-state index in [0.717, 1.165) is 0 Å². The van der Waals surface area contributed by atoms with Crippen LogP contribution < -0.4 is 0 Å². The maximum absolute atomic E-state index is 2.61. The molecular formula is C79H78. The van der Waals surface area contributed by atoms with E-state index in [-0.39, 0.29) is 5.41 Å². The molecule has 0 aliphatic heterocycles. The van der Waals surface area contributed by atoms with Crippen LogP contribution in [0, 0.1) is 13.8 Å². The predicted molar refractivity (Wildman–Crippen MR) is 342 cm³/mol. The molecule has 0 atom stereocenters. The van der Waals surface area contributed by atoms with Crippen molar-refractivity contribution in [3.63, 3.8) is 0 Å². The van der Waals surface area contributed by atoms with Crippen LogP contribution in [0.5, 0.6) is 0 Å². The molecule has 79 heavy (non-hydrogen) atoms. The van der Waals surface area contributed by atoms with E-state index in [1.54, 1.807) is 11.1 Å². The number of hydrogen-bond donors (Lipinski definition) is 0. The molecule has 1 aliphatic carbocycles. The molecule has 0 nitrogen and oxygen atoms in total. The minimum Gasteiger partial charge on any atom is -0.0654 e. The van der Waals surface area contributed by atoms with E-state index in [1.165, 1.54) is 201 Å². The lowest BCUT2D eigenvalue weighted by Gasteiger charge is -2.33. The highest BCUT2D eigenvalue weighted by Gasteiger charge is 2.42. The molecule has 0 radical (unpaired) electrons. The van der Waals surface area contributed by atoms with Crippen molar-refractivity contribution in [2.75, 3.05) is 0 Å². The van der Waals surface area contributed by atoms with E-state index in [0.29, 0.717) is 0 Å². The predicted octanol–water partition coefficient (Wildman–Crippen LogP) is 23.4. The van der Waals surface area contributed by atoms with Crippen molar-refractivity contribution in [1.29, 1.82) is 0 Å². The molecule has 11 rings (SSSR count). The first-order valence-electron chi connectivity index (χ1n) is 29.9. The van der Waals surface area contributed by atoms with Gasteiger partial charge in [-0.3, -0.25) is 0 Å². The zero-order valence-corrected chi connectivity index (χ0v) is 47.3. The molecule has 0 saturated carbocycles. The summed E-state index contributed by atoms with van der Waals surface area (Å²) in [5.41, 5.74) is 28.5. The van der Waals surface area contributed by atoms with Gasteiger partial charge in [-0.1, -0.05) is 291 Å². The molecule has 10 aromatic rings. The third-order valence-corrected chi connectivity index (χ3v) is 17.2. The molecule has 1 aliphatic rings. The second-order valence-corrected chi connectivity index (χ2v) is 22.9. The van der Waals surface area contributed by atoms with Crippen LogP contribution >= 0.6 is 0 Å². The van der Waals surface area contributed by atoms with Gasteiger partial charge in [-0.05, 0) is 180 Å². The summed E-state index contributed by atoms with van der Waals surface area (Å²) in [6.07, 6.45) is 18.1. The summed E-state index contributed by atoms with van der Waals surface area (Å²) < 4.78 is 0. The minimum atomic E-state index is -0.0227. The fourth-order valence-electron chi connectivity index (χ4n) is 12.7. The van der Waals surface area contributed by atoms with Crippen molar-refractivity contribution < 1.29 is 0 Å². The Kier molecular flexibility index (Phi) is 16.8. The Hall–Kier alpha value is -7.80. The first-order chi connectivity index (χ1) is 38.8. The second-order valence-electron chi connectivity index (χ2n) is 22.9. The molecule has 10 aromatic carbocycles. The van der Waals surface area contributed by atoms with Crippen LogP contribution in [0.15, 0.2) is 231 Å². The van der Waals surface area contributed by atoms with Crippen LogP contribution in [0.25, 0.3) is 100 Å². The number of unbranched alkanes of at least 4 members (excludes halogenated alkanes) is 10. The Morgan fingerprint density at radius 1 is 0.228 bits per heavy atom.